The molecular weight excluding hydrogens is 250 g/mol. The fourth-order valence-corrected chi connectivity index (χ4v) is 2.93. The van der Waals surface area contributed by atoms with Crippen molar-refractivity contribution in [3.05, 3.63) is 35.4 Å². The summed E-state index contributed by atoms with van der Waals surface area (Å²) >= 11 is 0. The highest BCUT2D eigenvalue weighted by molar-refractivity contribution is 5.78. The second-order valence-electron chi connectivity index (χ2n) is 5.94. The number of rotatable bonds is 4. The van der Waals surface area contributed by atoms with Crippen molar-refractivity contribution < 1.29 is 4.79 Å². The van der Waals surface area contributed by atoms with Crippen LogP contribution < -0.4 is 10.6 Å². The monoisotopic (exact) mass is 273 g/mol. The molecule has 4 nitrogen and oxygen atoms in total. The summed E-state index contributed by atoms with van der Waals surface area (Å²) in [5.41, 5.74) is 2.71. The molecule has 1 atom stereocenters. The summed E-state index contributed by atoms with van der Waals surface area (Å²) in [5, 5.41) is 6.52. The van der Waals surface area contributed by atoms with Crippen molar-refractivity contribution in [2.45, 2.75) is 37.9 Å². The predicted octanol–water partition coefficient (Wildman–Crippen LogP) is 1.43. The molecule has 0 spiro atoms. The van der Waals surface area contributed by atoms with Gasteiger partial charge in [0.05, 0.1) is 6.54 Å². The van der Waals surface area contributed by atoms with Crippen LogP contribution in [0.4, 0.5) is 0 Å². The zero-order valence-electron chi connectivity index (χ0n) is 12.1. The van der Waals surface area contributed by atoms with E-state index in [-0.39, 0.29) is 5.91 Å². The standard InChI is InChI=1S/C16H23N3O/c1-19(11-16(20)18-13-6-7-13)15-8-9-17-10-12-4-2-3-5-14(12)15/h2-5,13,15,17H,6-11H2,1H3,(H,18,20). The zero-order valence-corrected chi connectivity index (χ0v) is 12.1. The van der Waals surface area contributed by atoms with Crippen molar-refractivity contribution in [3.8, 4) is 0 Å². The first-order valence-corrected chi connectivity index (χ1v) is 7.52. The van der Waals surface area contributed by atoms with Crippen LogP contribution in [0.2, 0.25) is 0 Å². The molecule has 2 aliphatic rings. The van der Waals surface area contributed by atoms with Crippen LogP contribution in [0.15, 0.2) is 24.3 Å². The molecule has 1 saturated carbocycles. The van der Waals surface area contributed by atoms with Gasteiger partial charge in [-0.25, -0.2) is 0 Å². The number of amides is 1. The quantitative estimate of drug-likeness (QED) is 0.872. The van der Waals surface area contributed by atoms with E-state index in [4.69, 9.17) is 0 Å². The maximum absolute atomic E-state index is 12.0. The Labute approximate surface area is 120 Å². The highest BCUT2D eigenvalue weighted by Crippen LogP contribution is 2.28. The fraction of sp³-hybridized carbons (Fsp3) is 0.562. The van der Waals surface area contributed by atoms with E-state index in [1.54, 1.807) is 0 Å². The van der Waals surface area contributed by atoms with Crippen LogP contribution in [-0.2, 0) is 11.3 Å². The van der Waals surface area contributed by atoms with Gasteiger partial charge in [0.2, 0.25) is 5.91 Å². The summed E-state index contributed by atoms with van der Waals surface area (Å²) in [5.74, 6) is 0.157. The number of likely N-dealkylation sites (N-methyl/N-ethyl adjacent to an activating group) is 1. The molecule has 0 aromatic heterocycles. The smallest absolute Gasteiger partial charge is 0.234 e. The number of hydrogen-bond donors (Lipinski definition) is 2. The first-order chi connectivity index (χ1) is 9.74. The molecule has 20 heavy (non-hydrogen) atoms. The van der Waals surface area contributed by atoms with Crippen molar-refractivity contribution in [3.63, 3.8) is 0 Å². The van der Waals surface area contributed by atoms with Crippen LogP contribution in [0.5, 0.6) is 0 Å². The van der Waals surface area contributed by atoms with Crippen LogP contribution in [0.1, 0.15) is 36.4 Å². The Hall–Kier alpha value is -1.39. The molecule has 1 amide bonds. The summed E-state index contributed by atoms with van der Waals surface area (Å²) in [6.07, 6.45) is 3.33. The Balaban J connectivity index is 1.69. The van der Waals surface area contributed by atoms with Gasteiger partial charge in [0.25, 0.3) is 0 Å². The second kappa shape index (κ2) is 5.94. The van der Waals surface area contributed by atoms with Crippen LogP contribution in [0, 0.1) is 0 Å². The Morgan fingerprint density at radius 3 is 2.95 bits per heavy atom. The first-order valence-electron chi connectivity index (χ1n) is 7.52. The van der Waals surface area contributed by atoms with E-state index in [1.807, 2.05) is 0 Å². The maximum atomic E-state index is 12.0. The minimum absolute atomic E-state index is 0.157. The van der Waals surface area contributed by atoms with E-state index >= 15 is 0 Å². The van der Waals surface area contributed by atoms with Crippen LogP contribution in [0.25, 0.3) is 0 Å². The largest absolute Gasteiger partial charge is 0.352 e. The lowest BCUT2D eigenvalue weighted by molar-refractivity contribution is -0.122. The van der Waals surface area contributed by atoms with Gasteiger partial charge in [0.1, 0.15) is 0 Å². The van der Waals surface area contributed by atoms with Crippen LogP contribution >= 0.6 is 0 Å². The van der Waals surface area contributed by atoms with Crippen molar-refractivity contribution in [1.29, 1.82) is 0 Å². The molecule has 1 aromatic rings. The molecule has 0 saturated heterocycles. The summed E-state index contributed by atoms with van der Waals surface area (Å²) in [4.78, 5) is 14.2. The average molecular weight is 273 g/mol. The SMILES string of the molecule is CN(CC(=O)NC1CC1)C1CCNCc2ccccc21. The molecule has 1 heterocycles. The average Bonchev–Trinajstić information content (AvgIpc) is 3.24. The van der Waals surface area contributed by atoms with E-state index in [0.29, 0.717) is 18.6 Å². The molecule has 1 aliphatic carbocycles. The lowest BCUT2D eigenvalue weighted by atomic mass is 9.98. The maximum Gasteiger partial charge on any atom is 0.234 e. The molecule has 0 bridgehead atoms. The van der Waals surface area contributed by atoms with Gasteiger partial charge in [-0.2, -0.15) is 0 Å². The predicted molar refractivity (Wildman–Crippen MR) is 79.3 cm³/mol. The molecule has 1 aliphatic heterocycles. The number of fused-ring (bicyclic) bond motifs is 1. The van der Waals surface area contributed by atoms with E-state index < -0.39 is 0 Å². The van der Waals surface area contributed by atoms with Crippen molar-refractivity contribution >= 4 is 5.91 Å². The molecule has 0 radical (unpaired) electrons. The van der Waals surface area contributed by atoms with E-state index in [1.165, 1.54) is 11.1 Å². The summed E-state index contributed by atoms with van der Waals surface area (Å²) in [6, 6.07) is 9.32. The fourth-order valence-electron chi connectivity index (χ4n) is 2.93. The van der Waals surface area contributed by atoms with E-state index in [0.717, 1.165) is 32.4 Å². The molecule has 108 valence electrons. The lowest BCUT2D eigenvalue weighted by Crippen LogP contribution is -2.38. The van der Waals surface area contributed by atoms with E-state index in [9.17, 15) is 4.79 Å². The molecule has 2 N–H and O–H groups in total. The van der Waals surface area contributed by atoms with Gasteiger partial charge in [-0.3, -0.25) is 9.69 Å². The van der Waals surface area contributed by atoms with Gasteiger partial charge in [0.15, 0.2) is 0 Å². The van der Waals surface area contributed by atoms with Gasteiger partial charge in [0, 0.05) is 18.6 Å². The molecular formula is C16H23N3O. The summed E-state index contributed by atoms with van der Waals surface area (Å²) in [6.45, 7) is 2.40. The molecule has 3 rings (SSSR count). The molecule has 1 aromatic carbocycles. The van der Waals surface area contributed by atoms with Gasteiger partial charge in [-0.1, -0.05) is 24.3 Å². The number of hydrogen-bond acceptors (Lipinski definition) is 3. The van der Waals surface area contributed by atoms with Gasteiger partial charge in [-0.05, 0) is 44.0 Å². The summed E-state index contributed by atoms with van der Waals surface area (Å²) in [7, 11) is 2.05. The Morgan fingerprint density at radius 1 is 1.35 bits per heavy atom. The third kappa shape index (κ3) is 3.19. The summed E-state index contributed by atoms with van der Waals surface area (Å²) < 4.78 is 0. The lowest BCUT2D eigenvalue weighted by Gasteiger charge is -2.28. The minimum Gasteiger partial charge on any atom is -0.352 e. The van der Waals surface area contributed by atoms with Crippen LogP contribution in [-0.4, -0.2) is 37.0 Å². The van der Waals surface area contributed by atoms with E-state index in [2.05, 4.69) is 46.8 Å². The van der Waals surface area contributed by atoms with Crippen molar-refractivity contribution in [1.82, 2.24) is 15.5 Å². The third-order valence-corrected chi connectivity index (χ3v) is 4.19. The minimum atomic E-state index is 0.157. The molecule has 4 heteroatoms. The Kier molecular flexibility index (Phi) is 4.03. The highest BCUT2D eigenvalue weighted by atomic mass is 16.2. The highest BCUT2D eigenvalue weighted by Gasteiger charge is 2.26. The first kappa shape index (κ1) is 13.6. The van der Waals surface area contributed by atoms with Gasteiger partial charge in [-0.15, -0.1) is 0 Å². The topological polar surface area (TPSA) is 44.4 Å². The Bertz CT molecular complexity index is 484. The van der Waals surface area contributed by atoms with Gasteiger partial charge >= 0.3 is 0 Å². The number of carbonyl (C=O) groups excluding carboxylic acids is 1. The third-order valence-electron chi connectivity index (χ3n) is 4.19. The number of nitrogens with one attached hydrogen (secondary N) is 2. The molecule has 1 unspecified atom stereocenters. The molecule has 1 fully saturated rings. The van der Waals surface area contributed by atoms with Crippen molar-refractivity contribution in [2.24, 2.45) is 0 Å². The van der Waals surface area contributed by atoms with Gasteiger partial charge < -0.3 is 10.6 Å². The number of carbonyl (C=O) groups is 1. The Morgan fingerprint density at radius 2 is 2.15 bits per heavy atom. The number of nitrogens with zero attached hydrogens (tertiary/aromatic N) is 1. The van der Waals surface area contributed by atoms with Crippen LogP contribution in [0.3, 0.4) is 0 Å². The second-order valence-corrected chi connectivity index (χ2v) is 5.94. The zero-order chi connectivity index (χ0) is 13.9. The van der Waals surface area contributed by atoms with Crippen molar-refractivity contribution in [2.75, 3.05) is 20.1 Å². The normalized spacial score (nSPS) is 22.2. The number of benzene rings is 1.